The summed E-state index contributed by atoms with van der Waals surface area (Å²) < 4.78 is 12.9. The van der Waals surface area contributed by atoms with Crippen molar-refractivity contribution >= 4 is 51.5 Å². The molecular formula is C27H37IN2O3S. The van der Waals surface area contributed by atoms with Crippen molar-refractivity contribution in [1.82, 2.24) is 4.90 Å². The molecule has 1 aromatic rings. The minimum absolute atomic E-state index is 0.0616. The van der Waals surface area contributed by atoms with Gasteiger partial charge in [-0.2, -0.15) is 0 Å². The van der Waals surface area contributed by atoms with Crippen molar-refractivity contribution in [3.05, 3.63) is 26.2 Å². The van der Waals surface area contributed by atoms with Gasteiger partial charge < -0.3 is 9.47 Å². The summed E-state index contributed by atoms with van der Waals surface area (Å²) in [6.45, 7) is 6.57. The van der Waals surface area contributed by atoms with Crippen LogP contribution in [-0.4, -0.2) is 40.8 Å². The van der Waals surface area contributed by atoms with Gasteiger partial charge in [-0.25, -0.2) is 0 Å². The van der Waals surface area contributed by atoms with Crippen LogP contribution in [0.3, 0.4) is 0 Å². The lowest BCUT2D eigenvalue weighted by Crippen LogP contribution is -2.41. The average Bonchev–Trinajstić information content (AvgIpc) is 3.11. The van der Waals surface area contributed by atoms with Crippen LogP contribution in [0.4, 0.5) is 0 Å². The van der Waals surface area contributed by atoms with Crippen LogP contribution in [0.1, 0.15) is 90.5 Å². The third-order valence-electron chi connectivity index (χ3n) is 6.63. The van der Waals surface area contributed by atoms with E-state index in [9.17, 15) is 4.79 Å². The number of halogens is 1. The van der Waals surface area contributed by atoms with Crippen molar-refractivity contribution < 1.29 is 14.3 Å². The van der Waals surface area contributed by atoms with Crippen LogP contribution >= 0.6 is 34.4 Å². The molecular weight excluding hydrogens is 559 g/mol. The van der Waals surface area contributed by atoms with Gasteiger partial charge >= 0.3 is 0 Å². The van der Waals surface area contributed by atoms with Crippen LogP contribution in [0.2, 0.25) is 0 Å². The Labute approximate surface area is 222 Å². The molecule has 3 fully saturated rings. The van der Waals surface area contributed by atoms with Crippen molar-refractivity contribution in [1.29, 1.82) is 0 Å². The zero-order valence-electron chi connectivity index (χ0n) is 20.6. The Hall–Kier alpha value is -1.22. The van der Waals surface area contributed by atoms with Crippen LogP contribution in [0, 0.1) is 3.57 Å². The lowest BCUT2D eigenvalue weighted by Gasteiger charge is -2.31. The number of carbonyl (C=O) groups is 1. The molecule has 2 saturated carbocycles. The largest absolute Gasteiger partial charge is 0.490 e. The first-order valence-electron chi connectivity index (χ1n) is 12.9. The molecule has 1 heterocycles. The van der Waals surface area contributed by atoms with E-state index in [1.54, 1.807) is 11.8 Å². The van der Waals surface area contributed by atoms with Gasteiger partial charge in [-0.3, -0.25) is 14.7 Å². The second kappa shape index (κ2) is 12.2. The molecule has 0 aromatic heterocycles. The van der Waals surface area contributed by atoms with Crippen molar-refractivity contribution in [2.75, 3.05) is 6.61 Å². The Kier molecular flexibility index (Phi) is 9.24. The van der Waals surface area contributed by atoms with Gasteiger partial charge in [0.2, 0.25) is 0 Å². The number of hydrogen-bond acceptors (Lipinski definition) is 5. The van der Waals surface area contributed by atoms with E-state index in [2.05, 4.69) is 28.7 Å². The first-order valence-corrected chi connectivity index (χ1v) is 14.8. The number of thioether (sulfide) groups is 1. The second-order valence-electron chi connectivity index (χ2n) is 9.71. The lowest BCUT2D eigenvalue weighted by atomic mass is 9.94. The highest BCUT2D eigenvalue weighted by molar-refractivity contribution is 14.1. The molecule has 1 saturated heterocycles. The maximum absolute atomic E-state index is 13.7. The standard InChI is InChI=1S/C27H37IN2O3S/c1-4-32-23-16-19(15-22(28)25(23)33-18(2)3)17-24-26(31)30(21-13-9-6-10-14-21)27(34-24)29-20-11-7-5-8-12-20/h15-18,20-21H,4-14H2,1-3H3. The normalized spacial score (nSPS) is 22.9. The molecule has 2 aliphatic carbocycles. The quantitative estimate of drug-likeness (QED) is 0.243. The molecule has 0 bridgehead atoms. The maximum atomic E-state index is 13.7. The molecule has 1 aliphatic heterocycles. The van der Waals surface area contributed by atoms with Crippen LogP contribution < -0.4 is 9.47 Å². The number of benzene rings is 1. The molecule has 4 rings (SSSR count). The van der Waals surface area contributed by atoms with Crippen molar-refractivity contribution in [3.8, 4) is 11.5 Å². The van der Waals surface area contributed by atoms with E-state index in [4.69, 9.17) is 14.5 Å². The third kappa shape index (κ3) is 6.31. The number of rotatable bonds is 7. The second-order valence-corrected chi connectivity index (χ2v) is 11.9. The van der Waals surface area contributed by atoms with E-state index in [0.29, 0.717) is 12.6 Å². The summed E-state index contributed by atoms with van der Waals surface area (Å²) in [7, 11) is 0. The van der Waals surface area contributed by atoms with Gasteiger partial charge in [0.15, 0.2) is 16.7 Å². The number of amidine groups is 1. The van der Waals surface area contributed by atoms with Gasteiger partial charge in [-0.1, -0.05) is 38.5 Å². The highest BCUT2D eigenvalue weighted by Crippen LogP contribution is 2.40. The van der Waals surface area contributed by atoms with Crippen LogP contribution in [0.5, 0.6) is 11.5 Å². The van der Waals surface area contributed by atoms with Gasteiger partial charge in [0.1, 0.15) is 0 Å². The molecule has 34 heavy (non-hydrogen) atoms. The fourth-order valence-electron chi connectivity index (χ4n) is 5.04. The minimum atomic E-state index is 0.0616. The first-order chi connectivity index (χ1) is 16.5. The Morgan fingerprint density at radius 2 is 1.79 bits per heavy atom. The molecule has 0 atom stereocenters. The summed E-state index contributed by atoms with van der Waals surface area (Å²) in [5.41, 5.74) is 0.960. The molecule has 0 unspecified atom stereocenters. The van der Waals surface area contributed by atoms with Gasteiger partial charge in [-0.15, -0.1) is 0 Å². The summed E-state index contributed by atoms with van der Waals surface area (Å²) in [5.74, 6) is 1.61. The fraction of sp³-hybridized carbons (Fsp3) is 0.630. The van der Waals surface area contributed by atoms with Gasteiger partial charge in [-0.05, 0) is 105 Å². The van der Waals surface area contributed by atoms with E-state index in [1.165, 1.54) is 38.5 Å². The molecule has 0 spiro atoms. The van der Waals surface area contributed by atoms with E-state index < -0.39 is 0 Å². The summed E-state index contributed by atoms with van der Waals surface area (Å²) in [6, 6.07) is 4.70. The molecule has 7 heteroatoms. The number of nitrogens with zero attached hydrogens (tertiary/aromatic N) is 2. The van der Waals surface area contributed by atoms with E-state index in [1.807, 2.05) is 37.8 Å². The Bertz CT molecular complexity index is 934. The SMILES string of the molecule is CCOc1cc(C=C2SC(=NC3CCCCC3)N(C3CCCCC3)C2=O)cc(I)c1OC(C)C. The van der Waals surface area contributed by atoms with Crippen molar-refractivity contribution in [2.24, 2.45) is 4.99 Å². The zero-order chi connectivity index (χ0) is 24.1. The monoisotopic (exact) mass is 596 g/mol. The Balaban J connectivity index is 1.65. The maximum Gasteiger partial charge on any atom is 0.266 e. The topological polar surface area (TPSA) is 51.1 Å². The summed E-state index contributed by atoms with van der Waals surface area (Å²) >= 11 is 3.86. The molecule has 1 amide bonds. The smallest absolute Gasteiger partial charge is 0.266 e. The molecule has 3 aliphatic rings. The van der Waals surface area contributed by atoms with E-state index >= 15 is 0 Å². The molecule has 186 valence electrons. The molecule has 5 nitrogen and oxygen atoms in total. The Morgan fingerprint density at radius 3 is 2.44 bits per heavy atom. The fourth-order valence-corrected chi connectivity index (χ4v) is 6.90. The number of hydrogen-bond donors (Lipinski definition) is 0. The Morgan fingerprint density at radius 1 is 1.12 bits per heavy atom. The van der Waals surface area contributed by atoms with Crippen LogP contribution in [0.15, 0.2) is 22.0 Å². The predicted molar refractivity (Wildman–Crippen MR) is 150 cm³/mol. The number of carbonyl (C=O) groups excluding carboxylic acids is 1. The van der Waals surface area contributed by atoms with E-state index in [0.717, 1.165) is 56.4 Å². The zero-order valence-corrected chi connectivity index (χ0v) is 23.6. The number of aliphatic imine (C=N–C) groups is 1. The number of amides is 1. The third-order valence-corrected chi connectivity index (χ3v) is 8.43. The average molecular weight is 597 g/mol. The van der Waals surface area contributed by atoms with Crippen molar-refractivity contribution in [3.63, 3.8) is 0 Å². The predicted octanol–water partition coefficient (Wildman–Crippen LogP) is 7.41. The summed E-state index contributed by atoms with van der Waals surface area (Å²) in [6.07, 6.45) is 14.0. The molecule has 0 N–H and O–H groups in total. The first kappa shape index (κ1) is 25.9. The summed E-state index contributed by atoms with van der Waals surface area (Å²) in [5, 5.41) is 0.925. The van der Waals surface area contributed by atoms with Gasteiger partial charge in [0, 0.05) is 6.04 Å². The van der Waals surface area contributed by atoms with Crippen molar-refractivity contribution in [2.45, 2.75) is 103 Å². The highest BCUT2D eigenvalue weighted by Gasteiger charge is 2.39. The lowest BCUT2D eigenvalue weighted by molar-refractivity contribution is -0.124. The van der Waals surface area contributed by atoms with Gasteiger partial charge in [0.25, 0.3) is 5.91 Å². The van der Waals surface area contributed by atoms with Crippen LogP contribution in [0.25, 0.3) is 6.08 Å². The van der Waals surface area contributed by atoms with Gasteiger partial charge in [0.05, 0.1) is 27.2 Å². The minimum Gasteiger partial charge on any atom is -0.490 e. The molecule has 0 radical (unpaired) electrons. The van der Waals surface area contributed by atoms with Crippen LogP contribution in [-0.2, 0) is 4.79 Å². The van der Waals surface area contributed by atoms with E-state index in [-0.39, 0.29) is 18.1 Å². The molecule has 1 aromatic carbocycles. The highest BCUT2D eigenvalue weighted by atomic mass is 127. The number of ether oxygens (including phenoxy) is 2. The summed E-state index contributed by atoms with van der Waals surface area (Å²) in [4.78, 5) is 21.6.